The van der Waals surface area contributed by atoms with Crippen molar-refractivity contribution in [1.29, 1.82) is 0 Å². The third-order valence-corrected chi connectivity index (χ3v) is 5.73. The fourth-order valence-corrected chi connectivity index (χ4v) is 4.13. The van der Waals surface area contributed by atoms with E-state index in [0.29, 0.717) is 10.5 Å². The number of thioether (sulfide) groups is 1. The number of likely N-dealkylation sites (tertiary alicyclic amines) is 1. The van der Waals surface area contributed by atoms with E-state index in [1.165, 1.54) is 30.3 Å². The summed E-state index contributed by atoms with van der Waals surface area (Å²) in [5.74, 6) is -0.361. The molecule has 0 spiro atoms. The van der Waals surface area contributed by atoms with Crippen LogP contribution in [0.4, 0.5) is 4.39 Å². The second-order valence-corrected chi connectivity index (χ2v) is 7.58. The lowest BCUT2D eigenvalue weighted by Gasteiger charge is -2.25. The Bertz CT molecular complexity index is 794. The summed E-state index contributed by atoms with van der Waals surface area (Å²) in [4.78, 5) is 26.3. The van der Waals surface area contributed by atoms with E-state index in [1.807, 2.05) is 23.1 Å². The van der Waals surface area contributed by atoms with Gasteiger partial charge in [0.05, 0.1) is 5.75 Å². The number of Topliss-reactive ketones (excluding diaryl/α,β-unsaturated/α-hetero) is 1. The smallest absolute Gasteiger partial charge is 0.233 e. The first-order valence-electron chi connectivity index (χ1n) is 8.81. The first kappa shape index (κ1) is 18.6. The largest absolute Gasteiger partial charge is 0.339 e. The minimum atomic E-state index is -0.447. The quantitative estimate of drug-likeness (QED) is 0.559. The first-order valence-corrected chi connectivity index (χ1v) is 9.80. The van der Waals surface area contributed by atoms with Crippen LogP contribution >= 0.6 is 11.8 Å². The van der Waals surface area contributed by atoms with Gasteiger partial charge in [0, 0.05) is 23.0 Å². The average molecular weight is 371 g/mol. The molecule has 1 amide bonds. The Morgan fingerprint density at radius 1 is 1.19 bits per heavy atom. The zero-order valence-corrected chi connectivity index (χ0v) is 15.6. The molecule has 0 radical (unpaired) electrons. The molecule has 2 aromatic carbocycles. The zero-order valence-electron chi connectivity index (χ0n) is 14.8. The van der Waals surface area contributed by atoms with Crippen molar-refractivity contribution in [2.45, 2.75) is 37.1 Å². The Morgan fingerprint density at radius 3 is 2.65 bits per heavy atom. The van der Waals surface area contributed by atoms with Gasteiger partial charge in [0.25, 0.3) is 0 Å². The second-order valence-electron chi connectivity index (χ2n) is 6.56. The van der Waals surface area contributed by atoms with Gasteiger partial charge in [-0.15, -0.1) is 11.8 Å². The molecule has 2 aromatic rings. The fourth-order valence-electron chi connectivity index (χ4n) is 3.32. The van der Waals surface area contributed by atoms with Crippen LogP contribution in [0.1, 0.15) is 35.7 Å². The van der Waals surface area contributed by atoms with Crippen molar-refractivity contribution in [3.05, 3.63) is 65.5 Å². The van der Waals surface area contributed by atoms with Crippen molar-refractivity contribution in [2.24, 2.45) is 0 Å². The lowest BCUT2D eigenvalue weighted by molar-refractivity contribution is -0.129. The normalized spacial score (nSPS) is 16.7. The minimum absolute atomic E-state index is 0.0449. The van der Waals surface area contributed by atoms with Crippen molar-refractivity contribution >= 4 is 23.5 Å². The second kappa shape index (κ2) is 8.49. The molecule has 1 heterocycles. The van der Waals surface area contributed by atoms with Gasteiger partial charge in [-0.05, 0) is 43.9 Å². The Morgan fingerprint density at radius 2 is 1.96 bits per heavy atom. The van der Waals surface area contributed by atoms with Gasteiger partial charge >= 0.3 is 0 Å². The zero-order chi connectivity index (χ0) is 18.5. The van der Waals surface area contributed by atoms with Gasteiger partial charge < -0.3 is 4.90 Å². The van der Waals surface area contributed by atoms with E-state index in [-0.39, 0.29) is 23.5 Å². The monoisotopic (exact) mass is 371 g/mol. The molecule has 1 unspecified atom stereocenters. The van der Waals surface area contributed by atoms with Gasteiger partial charge in [0.1, 0.15) is 5.82 Å². The van der Waals surface area contributed by atoms with Crippen LogP contribution in [0.3, 0.4) is 0 Å². The number of halogens is 1. The van der Waals surface area contributed by atoms with Gasteiger partial charge in [0.15, 0.2) is 5.78 Å². The summed E-state index contributed by atoms with van der Waals surface area (Å²) >= 11 is 1.19. The molecular weight excluding hydrogens is 349 g/mol. The highest BCUT2D eigenvalue weighted by Crippen LogP contribution is 2.26. The Kier molecular flexibility index (Phi) is 6.09. The number of hydrogen-bond donors (Lipinski definition) is 0. The standard InChI is InChI=1S/C21H22FNO2S/c1-15(24)17-9-10-20(19(22)13-17)26-14-21(25)23-11-5-8-18(23)12-16-6-3-2-4-7-16/h2-4,6-7,9-10,13,18H,5,8,11-12,14H2,1H3. The van der Waals surface area contributed by atoms with Crippen LogP contribution in [0, 0.1) is 5.82 Å². The number of nitrogens with zero attached hydrogens (tertiary/aromatic N) is 1. The minimum Gasteiger partial charge on any atom is -0.339 e. The van der Waals surface area contributed by atoms with Gasteiger partial charge in [-0.1, -0.05) is 36.4 Å². The number of carbonyl (C=O) groups excluding carboxylic acids is 2. The molecule has 1 saturated heterocycles. The summed E-state index contributed by atoms with van der Waals surface area (Å²) in [5, 5.41) is 0. The highest BCUT2D eigenvalue weighted by molar-refractivity contribution is 8.00. The number of amides is 1. The van der Waals surface area contributed by atoms with Crippen molar-refractivity contribution < 1.29 is 14.0 Å². The molecule has 3 rings (SSSR count). The van der Waals surface area contributed by atoms with Gasteiger partial charge in [0.2, 0.25) is 5.91 Å². The van der Waals surface area contributed by atoms with Crippen molar-refractivity contribution in [1.82, 2.24) is 4.90 Å². The molecule has 1 atom stereocenters. The molecule has 1 aliphatic heterocycles. The van der Waals surface area contributed by atoms with Gasteiger partial charge in [-0.25, -0.2) is 4.39 Å². The van der Waals surface area contributed by atoms with Crippen LogP contribution in [0.2, 0.25) is 0 Å². The number of benzene rings is 2. The fraction of sp³-hybridized carbons (Fsp3) is 0.333. The summed E-state index contributed by atoms with van der Waals surface area (Å²) in [7, 11) is 0. The third-order valence-electron chi connectivity index (χ3n) is 4.70. The summed E-state index contributed by atoms with van der Waals surface area (Å²) in [6.45, 7) is 2.17. The van der Waals surface area contributed by atoms with Crippen molar-refractivity contribution in [2.75, 3.05) is 12.3 Å². The molecule has 0 saturated carbocycles. The lowest BCUT2D eigenvalue weighted by atomic mass is 10.0. The summed E-state index contributed by atoms with van der Waals surface area (Å²) < 4.78 is 14.1. The molecule has 3 nitrogen and oxygen atoms in total. The van der Waals surface area contributed by atoms with E-state index in [0.717, 1.165) is 25.8 Å². The molecule has 0 bridgehead atoms. The average Bonchev–Trinajstić information content (AvgIpc) is 3.09. The molecule has 1 fully saturated rings. The van der Waals surface area contributed by atoms with Gasteiger partial charge in [-0.2, -0.15) is 0 Å². The summed E-state index contributed by atoms with van der Waals surface area (Å²) in [6.07, 6.45) is 2.88. The molecule has 0 N–H and O–H groups in total. The highest BCUT2D eigenvalue weighted by atomic mass is 32.2. The highest BCUT2D eigenvalue weighted by Gasteiger charge is 2.28. The molecule has 5 heteroatoms. The Labute approximate surface area is 157 Å². The van der Waals surface area contributed by atoms with Crippen LogP contribution in [-0.4, -0.2) is 34.9 Å². The Hall–Kier alpha value is -2.14. The van der Waals surface area contributed by atoms with E-state index < -0.39 is 5.82 Å². The third kappa shape index (κ3) is 4.52. The molecule has 0 aromatic heterocycles. The maximum absolute atomic E-state index is 14.1. The predicted molar refractivity (Wildman–Crippen MR) is 102 cm³/mol. The maximum Gasteiger partial charge on any atom is 0.233 e. The van der Waals surface area contributed by atoms with Crippen molar-refractivity contribution in [3.8, 4) is 0 Å². The maximum atomic E-state index is 14.1. The van der Waals surface area contributed by atoms with E-state index in [9.17, 15) is 14.0 Å². The van der Waals surface area contributed by atoms with E-state index in [1.54, 1.807) is 12.1 Å². The van der Waals surface area contributed by atoms with Crippen LogP contribution in [0.5, 0.6) is 0 Å². The molecule has 26 heavy (non-hydrogen) atoms. The number of hydrogen-bond acceptors (Lipinski definition) is 3. The summed E-state index contributed by atoms with van der Waals surface area (Å²) in [6, 6.07) is 14.8. The SMILES string of the molecule is CC(=O)c1ccc(SCC(=O)N2CCCC2Cc2ccccc2)c(F)c1. The van der Waals surface area contributed by atoms with E-state index in [2.05, 4.69) is 12.1 Å². The van der Waals surface area contributed by atoms with Crippen LogP contribution in [0.25, 0.3) is 0 Å². The molecule has 1 aliphatic rings. The van der Waals surface area contributed by atoms with Gasteiger partial charge in [-0.3, -0.25) is 9.59 Å². The predicted octanol–water partition coefficient (Wildman–Crippen LogP) is 4.35. The number of ketones is 1. The topological polar surface area (TPSA) is 37.4 Å². The first-order chi connectivity index (χ1) is 12.5. The van der Waals surface area contributed by atoms with Crippen molar-refractivity contribution in [3.63, 3.8) is 0 Å². The van der Waals surface area contributed by atoms with Crippen LogP contribution in [-0.2, 0) is 11.2 Å². The molecular formula is C21H22FNO2S. The Balaban J connectivity index is 1.60. The van der Waals surface area contributed by atoms with Crippen LogP contribution in [0.15, 0.2) is 53.4 Å². The number of rotatable bonds is 6. The van der Waals surface area contributed by atoms with E-state index >= 15 is 0 Å². The van der Waals surface area contributed by atoms with Crippen LogP contribution < -0.4 is 0 Å². The lowest BCUT2D eigenvalue weighted by Crippen LogP contribution is -2.37. The summed E-state index contributed by atoms with van der Waals surface area (Å²) in [5.41, 5.74) is 1.58. The number of carbonyl (C=O) groups is 2. The van der Waals surface area contributed by atoms with E-state index in [4.69, 9.17) is 0 Å². The molecule has 136 valence electrons. The molecule has 0 aliphatic carbocycles.